The second kappa shape index (κ2) is 5.61. The largest absolute Gasteiger partial charge is 0.352 e. The van der Waals surface area contributed by atoms with Crippen LogP contribution in [-0.2, 0) is 9.59 Å². The molecule has 2 aromatic carbocycles. The van der Waals surface area contributed by atoms with Crippen LogP contribution in [0.1, 0.15) is 15.9 Å². The highest BCUT2D eigenvalue weighted by molar-refractivity contribution is 6.14. The Balaban J connectivity index is 1.66. The second-order valence-electron chi connectivity index (χ2n) is 7.04. The Morgan fingerprint density at radius 1 is 0.963 bits per heavy atom. The minimum absolute atomic E-state index is 0.289. The van der Waals surface area contributed by atoms with Crippen LogP contribution >= 0.6 is 0 Å². The van der Waals surface area contributed by atoms with Crippen molar-refractivity contribution in [3.8, 4) is 0 Å². The molecule has 27 heavy (non-hydrogen) atoms. The number of halogens is 1. The van der Waals surface area contributed by atoms with Gasteiger partial charge >= 0.3 is 0 Å². The summed E-state index contributed by atoms with van der Waals surface area (Å²) >= 11 is 0. The Morgan fingerprint density at radius 3 is 2.44 bits per heavy atom. The van der Waals surface area contributed by atoms with Crippen LogP contribution in [0.2, 0.25) is 0 Å². The number of rotatable bonds is 2. The molecular weight excluding hydrogens is 347 g/mol. The van der Waals surface area contributed by atoms with E-state index in [2.05, 4.69) is 5.32 Å². The molecule has 0 unspecified atom stereocenters. The van der Waals surface area contributed by atoms with Gasteiger partial charge in [0.1, 0.15) is 11.9 Å². The van der Waals surface area contributed by atoms with E-state index in [1.165, 1.54) is 24.3 Å². The first kappa shape index (κ1) is 15.9. The van der Waals surface area contributed by atoms with Crippen molar-refractivity contribution in [3.05, 3.63) is 71.6 Å². The third-order valence-corrected chi connectivity index (χ3v) is 5.65. The van der Waals surface area contributed by atoms with Gasteiger partial charge in [-0.3, -0.25) is 19.7 Å². The Labute approximate surface area is 154 Å². The van der Waals surface area contributed by atoms with Crippen LogP contribution in [0.3, 0.4) is 0 Å². The number of anilines is 1. The first-order chi connectivity index (χ1) is 13.1. The molecule has 3 aliphatic heterocycles. The van der Waals surface area contributed by atoms with Crippen molar-refractivity contribution in [2.45, 2.75) is 12.1 Å². The lowest BCUT2D eigenvalue weighted by Crippen LogP contribution is -2.47. The van der Waals surface area contributed by atoms with Crippen molar-refractivity contribution in [3.63, 3.8) is 0 Å². The fourth-order valence-corrected chi connectivity index (χ4v) is 4.52. The smallest absolute Gasteiger partial charge is 0.233 e. The molecule has 0 spiro atoms. The number of hydrogen-bond donors (Lipinski definition) is 1. The topological polar surface area (TPSA) is 66.5 Å². The quantitative estimate of drug-likeness (QED) is 0.657. The fraction of sp³-hybridized carbons (Fsp3) is 0.190. The molecule has 0 aromatic heterocycles. The van der Waals surface area contributed by atoms with E-state index in [-0.39, 0.29) is 17.7 Å². The highest BCUT2D eigenvalue weighted by Gasteiger charge is 2.61. The summed E-state index contributed by atoms with van der Waals surface area (Å²) in [4.78, 5) is 40.2. The molecule has 0 bridgehead atoms. The number of benzene rings is 2. The zero-order valence-corrected chi connectivity index (χ0v) is 14.1. The van der Waals surface area contributed by atoms with Crippen LogP contribution in [0.4, 0.5) is 10.1 Å². The first-order valence-corrected chi connectivity index (χ1v) is 8.76. The summed E-state index contributed by atoms with van der Waals surface area (Å²) < 4.78 is 13.3. The van der Waals surface area contributed by atoms with Gasteiger partial charge in [0.15, 0.2) is 5.78 Å². The summed E-state index contributed by atoms with van der Waals surface area (Å²) in [5.41, 5.74) is 2.07. The fourth-order valence-electron chi connectivity index (χ4n) is 4.52. The van der Waals surface area contributed by atoms with Crippen LogP contribution < -0.4 is 10.2 Å². The second-order valence-corrected chi connectivity index (χ2v) is 7.04. The maximum Gasteiger partial charge on any atom is 0.233 e. The highest BCUT2D eigenvalue weighted by atomic mass is 19.1. The standard InChI is InChI=1S/C21H15FN2O3/c22-13-8-5-12(6-9-13)19(25)18-17-16(20(26)23-21(17)27)15-10-7-11-3-1-2-4-14(11)24(15)18/h1-10,15-18H,(H,23,26,27)/t15-,16-,17+,18+/m0/s1. The molecule has 4 atom stereocenters. The number of hydrogen-bond acceptors (Lipinski definition) is 4. The summed E-state index contributed by atoms with van der Waals surface area (Å²) in [7, 11) is 0. The molecule has 2 amide bonds. The molecule has 2 fully saturated rings. The monoisotopic (exact) mass is 362 g/mol. The number of imide groups is 1. The number of nitrogens with one attached hydrogen (secondary N) is 1. The maximum absolute atomic E-state index is 13.3. The average molecular weight is 362 g/mol. The molecule has 5 nitrogen and oxygen atoms in total. The third-order valence-electron chi connectivity index (χ3n) is 5.65. The van der Waals surface area contributed by atoms with Gasteiger partial charge in [0.2, 0.25) is 11.8 Å². The molecule has 134 valence electrons. The SMILES string of the molecule is O=C1NC(=O)[C@@H]2[C@@H]1[C@@H]1C=Cc3ccccc3N1[C@H]2C(=O)c1ccc(F)cc1. The molecule has 0 saturated carbocycles. The van der Waals surface area contributed by atoms with E-state index in [1.54, 1.807) is 0 Å². The van der Waals surface area contributed by atoms with E-state index in [9.17, 15) is 18.8 Å². The van der Waals surface area contributed by atoms with Gasteiger partial charge in [-0.1, -0.05) is 30.4 Å². The van der Waals surface area contributed by atoms with Gasteiger partial charge in [0.25, 0.3) is 0 Å². The van der Waals surface area contributed by atoms with Gasteiger partial charge in [-0.25, -0.2) is 4.39 Å². The number of carbonyl (C=O) groups excluding carboxylic acids is 3. The Morgan fingerprint density at radius 2 is 1.67 bits per heavy atom. The molecule has 6 heteroatoms. The minimum Gasteiger partial charge on any atom is -0.352 e. The molecule has 3 heterocycles. The van der Waals surface area contributed by atoms with E-state index in [0.29, 0.717) is 5.56 Å². The molecular formula is C21H15FN2O3. The molecule has 2 saturated heterocycles. The van der Waals surface area contributed by atoms with Gasteiger partial charge in [0, 0.05) is 11.3 Å². The van der Waals surface area contributed by atoms with Crippen molar-refractivity contribution in [1.29, 1.82) is 0 Å². The van der Waals surface area contributed by atoms with Crippen LogP contribution in [0.25, 0.3) is 6.08 Å². The lowest BCUT2D eigenvalue weighted by atomic mass is 9.86. The van der Waals surface area contributed by atoms with Gasteiger partial charge in [0.05, 0.1) is 17.9 Å². The number of fused-ring (bicyclic) bond motifs is 5. The van der Waals surface area contributed by atoms with Crippen molar-refractivity contribution in [2.75, 3.05) is 4.90 Å². The van der Waals surface area contributed by atoms with Gasteiger partial charge in [-0.15, -0.1) is 0 Å². The average Bonchev–Trinajstić information content (AvgIpc) is 3.17. The van der Waals surface area contributed by atoms with E-state index in [1.807, 2.05) is 41.3 Å². The third kappa shape index (κ3) is 2.19. The van der Waals surface area contributed by atoms with Crippen molar-refractivity contribution >= 4 is 29.4 Å². The summed E-state index contributed by atoms with van der Waals surface area (Å²) in [5, 5.41) is 2.37. The normalized spacial score (nSPS) is 27.8. The van der Waals surface area contributed by atoms with Gasteiger partial charge in [-0.2, -0.15) is 0 Å². The number of Topliss-reactive ketones (excluding diaryl/α,β-unsaturated/α-hetero) is 1. The van der Waals surface area contributed by atoms with Crippen LogP contribution in [0.15, 0.2) is 54.6 Å². The maximum atomic E-state index is 13.3. The number of nitrogens with zero attached hydrogens (tertiary/aromatic N) is 1. The Bertz CT molecular complexity index is 1010. The Hall–Kier alpha value is -3.28. The van der Waals surface area contributed by atoms with Crippen molar-refractivity contribution in [2.24, 2.45) is 11.8 Å². The lowest BCUT2D eigenvalue weighted by Gasteiger charge is -2.35. The summed E-state index contributed by atoms with van der Waals surface area (Å²) in [5.74, 6) is -2.88. The van der Waals surface area contributed by atoms with E-state index < -0.39 is 29.6 Å². The molecule has 0 radical (unpaired) electrons. The zero-order valence-electron chi connectivity index (χ0n) is 14.1. The molecule has 3 aliphatic rings. The minimum atomic E-state index is -0.817. The van der Waals surface area contributed by atoms with Crippen LogP contribution in [-0.4, -0.2) is 29.7 Å². The van der Waals surface area contributed by atoms with Crippen LogP contribution in [0.5, 0.6) is 0 Å². The van der Waals surface area contributed by atoms with Gasteiger partial charge < -0.3 is 4.90 Å². The predicted molar refractivity (Wildman–Crippen MR) is 96.4 cm³/mol. The highest BCUT2D eigenvalue weighted by Crippen LogP contribution is 2.46. The summed E-state index contributed by atoms with van der Waals surface area (Å²) in [6, 6.07) is 11.7. The molecule has 2 aromatic rings. The van der Waals surface area contributed by atoms with Crippen molar-refractivity contribution in [1.82, 2.24) is 5.32 Å². The number of ketones is 1. The summed E-state index contributed by atoms with van der Waals surface area (Å²) in [6.07, 6.45) is 3.81. The van der Waals surface area contributed by atoms with E-state index >= 15 is 0 Å². The lowest BCUT2D eigenvalue weighted by molar-refractivity contribution is -0.126. The van der Waals surface area contributed by atoms with E-state index in [4.69, 9.17) is 0 Å². The predicted octanol–water partition coefficient (Wildman–Crippen LogP) is 2.18. The van der Waals surface area contributed by atoms with E-state index in [0.717, 1.165) is 11.3 Å². The number of amides is 2. The van der Waals surface area contributed by atoms with Crippen molar-refractivity contribution < 1.29 is 18.8 Å². The van der Waals surface area contributed by atoms with Gasteiger partial charge in [-0.05, 0) is 35.9 Å². The summed E-state index contributed by atoms with van der Waals surface area (Å²) in [6.45, 7) is 0. The van der Waals surface area contributed by atoms with Crippen LogP contribution in [0, 0.1) is 17.7 Å². The Kier molecular flexibility index (Phi) is 3.31. The molecule has 5 rings (SSSR count). The first-order valence-electron chi connectivity index (χ1n) is 8.76. The number of carbonyl (C=O) groups is 3. The molecule has 1 N–H and O–H groups in total. The number of para-hydroxylation sites is 1. The molecule has 0 aliphatic carbocycles. The zero-order chi connectivity index (χ0) is 18.7.